The Hall–Kier alpha value is -5.55. The number of hydrogen-bond acceptors (Lipinski definition) is 9. The highest BCUT2D eigenvalue weighted by Gasteiger charge is 2.35. The summed E-state index contributed by atoms with van der Waals surface area (Å²) in [4.78, 5) is 57.0. The highest BCUT2D eigenvalue weighted by Crippen LogP contribution is 2.38. The maximum absolute atomic E-state index is 13.4. The maximum atomic E-state index is 13.4. The minimum Gasteiger partial charge on any atom is -0.489 e. The topological polar surface area (TPSA) is 166 Å². The van der Waals surface area contributed by atoms with Crippen molar-refractivity contribution in [3.63, 3.8) is 0 Å². The van der Waals surface area contributed by atoms with Crippen LogP contribution in [0.1, 0.15) is 91.1 Å². The van der Waals surface area contributed by atoms with Crippen LogP contribution in [0.25, 0.3) is 21.9 Å². The summed E-state index contributed by atoms with van der Waals surface area (Å²) in [7, 11) is 1.75. The van der Waals surface area contributed by atoms with Crippen molar-refractivity contribution in [1.29, 1.82) is 0 Å². The summed E-state index contributed by atoms with van der Waals surface area (Å²) in [5, 5.41) is 19.9. The number of ether oxygens (including phenoxy) is 1. The number of anilines is 1. The van der Waals surface area contributed by atoms with Crippen LogP contribution in [-0.2, 0) is 22.8 Å². The van der Waals surface area contributed by atoms with E-state index in [1.54, 1.807) is 28.3 Å². The number of benzene rings is 2. The van der Waals surface area contributed by atoms with Crippen LogP contribution in [0.2, 0.25) is 0 Å². The number of hydrogen-bond donors (Lipinski definition) is 3. The van der Waals surface area contributed by atoms with Gasteiger partial charge < -0.3 is 20.1 Å². The second kappa shape index (κ2) is 16.0. The lowest BCUT2D eigenvalue weighted by Gasteiger charge is -2.37. The van der Waals surface area contributed by atoms with Gasteiger partial charge in [-0.25, -0.2) is 9.78 Å². The van der Waals surface area contributed by atoms with E-state index in [2.05, 4.69) is 26.6 Å². The van der Waals surface area contributed by atoms with Gasteiger partial charge in [0.05, 0.1) is 34.9 Å². The van der Waals surface area contributed by atoms with Crippen LogP contribution in [0.5, 0.6) is 5.75 Å². The summed E-state index contributed by atoms with van der Waals surface area (Å²) < 4.78 is 50.5. The molecule has 0 bridgehead atoms. The first kappa shape index (κ1) is 39.3. The molecule has 3 aromatic heterocycles. The minimum absolute atomic E-state index is 0.0591. The Morgan fingerprint density at radius 3 is 2.48 bits per heavy atom. The van der Waals surface area contributed by atoms with E-state index in [1.165, 1.54) is 6.07 Å². The fourth-order valence-electron chi connectivity index (χ4n) is 8.95. The summed E-state index contributed by atoms with van der Waals surface area (Å²) in [6, 6.07) is 11.8. The van der Waals surface area contributed by atoms with Crippen LogP contribution in [0.4, 0.5) is 18.9 Å². The normalized spacial score (nSPS) is 21.1. The fraction of sp³-hybridized carbons (Fsp3) is 0.463. The highest BCUT2D eigenvalue weighted by molar-refractivity contribution is 6.05. The molecule has 58 heavy (non-hydrogen) atoms. The zero-order chi connectivity index (χ0) is 40.7. The Bertz CT molecular complexity index is 2420. The summed E-state index contributed by atoms with van der Waals surface area (Å²) in [5.74, 6) is -0.550. The van der Waals surface area contributed by atoms with Gasteiger partial charge >= 0.3 is 11.9 Å². The lowest BCUT2D eigenvalue weighted by molar-refractivity contribution is -0.141. The van der Waals surface area contributed by atoms with Gasteiger partial charge in [-0.15, -0.1) is 0 Å². The van der Waals surface area contributed by atoms with Crippen LogP contribution in [0, 0.1) is 5.92 Å². The van der Waals surface area contributed by atoms with Gasteiger partial charge in [0.25, 0.3) is 5.91 Å². The molecule has 3 amide bonds. The molecule has 17 heteroatoms. The van der Waals surface area contributed by atoms with E-state index < -0.39 is 35.4 Å². The highest BCUT2D eigenvalue weighted by atomic mass is 19.4. The average Bonchev–Trinajstić information content (AvgIpc) is 3.74. The molecule has 3 N–H and O–H groups in total. The zero-order valence-corrected chi connectivity index (χ0v) is 32.0. The van der Waals surface area contributed by atoms with Crippen molar-refractivity contribution in [2.75, 3.05) is 38.2 Å². The molecule has 0 radical (unpaired) electrons. The second-order valence-corrected chi connectivity index (χ2v) is 15.6. The number of aliphatic hydroxyl groups excluding tert-OH is 1. The molecule has 1 unspecified atom stereocenters. The van der Waals surface area contributed by atoms with Crippen molar-refractivity contribution in [2.45, 2.75) is 75.5 Å². The number of alkyl halides is 3. The molecule has 1 atom stereocenters. The molecule has 3 aliphatic rings. The first-order valence-corrected chi connectivity index (χ1v) is 19.8. The minimum atomic E-state index is -4.70. The van der Waals surface area contributed by atoms with E-state index in [1.807, 2.05) is 23.0 Å². The SMILES string of the molecule is Cn1c(=O)n(C2CCC(=O)NC2=O)c2cccc(C3CCN(C[C@H]4CC[C@H](n5cc6cc(NC(=O)c7cccc(C(F)(F)F)n7)c(OCCO)cc6n5)CC4)CC3)c21. The molecule has 0 spiro atoms. The predicted octanol–water partition coefficient (Wildman–Crippen LogP) is 5.32. The number of piperidine rings is 2. The van der Waals surface area contributed by atoms with Gasteiger partial charge in [0.15, 0.2) is 0 Å². The molecule has 5 heterocycles. The van der Waals surface area contributed by atoms with Crippen molar-refractivity contribution in [3.8, 4) is 5.75 Å². The smallest absolute Gasteiger partial charge is 0.433 e. The van der Waals surface area contributed by atoms with E-state index in [9.17, 15) is 37.5 Å². The molecule has 1 saturated carbocycles. The molecule has 2 aromatic carbocycles. The van der Waals surface area contributed by atoms with Gasteiger partial charge in [0.1, 0.15) is 29.8 Å². The van der Waals surface area contributed by atoms with Crippen molar-refractivity contribution < 1.29 is 37.4 Å². The van der Waals surface area contributed by atoms with E-state index in [0.717, 1.165) is 92.3 Å². The molecule has 14 nitrogen and oxygen atoms in total. The Morgan fingerprint density at radius 1 is 1.00 bits per heavy atom. The molecular weight excluding hydrogens is 757 g/mol. The first-order valence-electron chi connectivity index (χ1n) is 19.8. The Kier molecular flexibility index (Phi) is 10.8. The molecule has 2 aliphatic heterocycles. The molecular formula is C41H45F3N8O6. The van der Waals surface area contributed by atoms with E-state index in [-0.39, 0.29) is 54.6 Å². The number of carbonyl (C=O) groups is 3. The molecule has 2 saturated heterocycles. The van der Waals surface area contributed by atoms with Crippen molar-refractivity contribution in [2.24, 2.45) is 13.0 Å². The number of imide groups is 1. The van der Waals surface area contributed by atoms with Crippen molar-refractivity contribution in [3.05, 3.63) is 82.2 Å². The monoisotopic (exact) mass is 802 g/mol. The first-order chi connectivity index (χ1) is 27.9. The van der Waals surface area contributed by atoms with Crippen molar-refractivity contribution in [1.82, 2.24) is 34.1 Å². The summed E-state index contributed by atoms with van der Waals surface area (Å²) >= 11 is 0. The number of carbonyl (C=O) groups excluding carboxylic acids is 3. The predicted molar refractivity (Wildman–Crippen MR) is 208 cm³/mol. The van der Waals surface area contributed by atoms with Gasteiger partial charge in [-0.1, -0.05) is 18.2 Å². The van der Waals surface area contributed by atoms with Crippen LogP contribution < -0.4 is 21.1 Å². The van der Waals surface area contributed by atoms with Crippen LogP contribution in [0.3, 0.4) is 0 Å². The number of rotatable bonds is 10. The summed E-state index contributed by atoms with van der Waals surface area (Å²) in [5.41, 5.74) is 1.71. The van der Waals surface area contributed by atoms with Crippen molar-refractivity contribution >= 4 is 45.3 Å². The number of amides is 3. The van der Waals surface area contributed by atoms with Crippen LogP contribution in [-0.4, -0.2) is 84.5 Å². The number of para-hydroxylation sites is 1. The number of aryl methyl sites for hydroxylation is 1. The fourth-order valence-corrected chi connectivity index (χ4v) is 8.95. The Labute approximate surface area is 331 Å². The molecule has 1 aliphatic carbocycles. The molecule has 3 fully saturated rings. The van der Waals surface area contributed by atoms with Crippen LogP contribution >= 0.6 is 0 Å². The zero-order valence-electron chi connectivity index (χ0n) is 32.0. The number of aliphatic hydroxyl groups is 1. The summed E-state index contributed by atoms with van der Waals surface area (Å²) in [6.45, 7) is 2.55. The number of fused-ring (bicyclic) bond motifs is 2. The quantitative estimate of drug-likeness (QED) is 0.159. The number of halogens is 3. The number of nitrogens with one attached hydrogen (secondary N) is 2. The largest absolute Gasteiger partial charge is 0.489 e. The Balaban J connectivity index is 0.889. The second-order valence-electron chi connectivity index (χ2n) is 15.6. The number of nitrogens with zero attached hydrogens (tertiary/aromatic N) is 6. The number of likely N-dealkylation sites (tertiary alicyclic amines) is 1. The van der Waals surface area contributed by atoms with E-state index >= 15 is 0 Å². The van der Waals surface area contributed by atoms with Gasteiger partial charge in [-0.05, 0) is 99.7 Å². The number of imidazole rings is 1. The lowest BCUT2D eigenvalue weighted by atomic mass is 9.84. The van der Waals surface area contributed by atoms with Gasteiger partial charge in [-0.2, -0.15) is 18.3 Å². The van der Waals surface area contributed by atoms with E-state index in [0.29, 0.717) is 17.9 Å². The van der Waals surface area contributed by atoms with Crippen LogP contribution in [0.15, 0.2) is 59.5 Å². The van der Waals surface area contributed by atoms with Gasteiger partial charge in [0, 0.05) is 37.7 Å². The summed E-state index contributed by atoms with van der Waals surface area (Å²) in [6.07, 6.45) is 3.56. The molecule has 5 aromatic rings. The van der Waals surface area contributed by atoms with E-state index in [4.69, 9.17) is 9.84 Å². The molecule has 306 valence electrons. The molecule has 8 rings (SSSR count). The third-order valence-corrected chi connectivity index (χ3v) is 11.9. The third-order valence-electron chi connectivity index (χ3n) is 11.9. The number of aromatic nitrogens is 5. The number of pyridine rings is 1. The van der Waals surface area contributed by atoms with Gasteiger partial charge in [-0.3, -0.25) is 33.5 Å². The standard InChI is InChI=1S/C41H45F3N8O6/c1-49-37-28(4-2-6-32(37)52(40(49)57)33-12-13-36(54)47-39(33)56)25-14-16-50(17-15-25)22-24-8-10-27(11-9-24)51-23-26-20-31(34(58-19-18-53)21-30(26)48-51)46-38(55)29-5-3-7-35(45-29)41(42,43)44/h2-7,20-21,23-25,27,33,53H,8-19,22H2,1H3,(H,46,55)(H,47,54,56)/t24-,27-,33?. The maximum Gasteiger partial charge on any atom is 0.433 e. The third kappa shape index (κ3) is 7.84. The van der Waals surface area contributed by atoms with Gasteiger partial charge in [0.2, 0.25) is 11.8 Å². The Morgan fingerprint density at radius 2 is 1.76 bits per heavy atom. The lowest BCUT2D eigenvalue weighted by Crippen LogP contribution is -2.44. The average molecular weight is 803 g/mol.